The zero-order chi connectivity index (χ0) is 18.2. The minimum Gasteiger partial charge on any atom is -0.393 e. The maximum atomic E-state index is 12.6. The van der Waals surface area contributed by atoms with Gasteiger partial charge in [-0.05, 0) is 19.1 Å². The van der Waals surface area contributed by atoms with Crippen molar-refractivity contribution in [1.82, 2.24) is 10.6 Å². The molecule has 3 aliphatic rings. The molecule has 3 saturated heterocycles. The van der Waals surface area contributed by atoms with Crippen molar-refractivity contribution in [1.29, 1.82) is 0 Å². The Hall–Kier alpha value is -0.910. The minimum atomic E-state index is -2.28. The molecule has 0 aromatic rings. The first-order valence-electron chi connectivity index (χ1n) is 7.74. The zero-order valence-corrected chi connectivity index (χ0v) is 14.4. The van der Waals surface area contributed by atoms with Gasteiger partial charge in [-0.2, -0.15) is 11.8 Å². The van der Waals surface area contributed by atoms with Crippen molar-refractivity contribution < 1.29 is 34.8 Å². The van der Waals surface area contributed by atoms with E-state index in [9.17, 15) is 30.0 Å². The molecule has 10 heteroatoms. The van der Waals surface area contributed by atoms with Crippen LogP contribution >= 0.6 is 11.8 Å². The fourth-order valence-electron chi connectivity index (χ4n) is 2.86. The van der Waals surface area contributed by atoms with Gasteiger partial charge < -0.3 is 35.8 Å². The molecule has 0 aliphatic carbocycles. The molecule has 3 aliphatic heterocycles. The summed E-state index contributed by atoms with van der Waals surface area (Å²) in [6, 6.07) is 0. The van der Waals surface area contributed by atoms with E-state index in [0.717, 1.165) is 12.7 Å². The first-order chi connectivity index (χ1) is 11.1. The summed E-state index contributed by atoms with van der Waals surface area (Å²) in [6.07, 6.45) is -1.67. The number of aliphatic hydroxyl groups excluding tert-OH is 2. The predicted octanol–water partition coefficient (Wildman–Crippen LogP) is -2.49. The highest BCUT2D eigenvalue weighted by molar-refractivity contribution is 7.99. The van der Waals surface area contributed by atoms with Crippen LogP contribution in [-0.2, 0) is 14.3 Å². The van der Waals surface area contributed by atoms with E-state index < -0.39 is 47.5 Å². The van der Waals surface area contributed by atoms with Gasteiger partial charge in [-0.25, -0.2) is 0 Å². The number of aliphatic hydroxyl groups is 4. The van der Waals surface area contributed by atoms with Crippen LogP contribution in [0.25, 0.3) is 0 Å². The number of thioether (sulfide) groups is 1. The fraction of sp³-hybridized carbons (Fsp3) is 0.857. The molecule has 138 valence electrons. The summed E-state index contributed by atoms with van der Waals surface area (Å²) in [5, 5.41) is 44.8. The van der Waals surface area contributed by atoms with E-state index in [1.54, 1.807) is 0 Å². The van der Waals surface area contributed by atoms with E-state index in [-0.39, 0.29) is 13.0 Å². The Labute approximate surface area is 143 Å². The summed E-state index contributed by atoms with van der Waals surface area (Å²) in [5.74, 6) is -1.24. The van der Waals surface area contributed by atoms with Crippen LogP contribution in [0.5, 0.6) is 0 Å². The van der Waals surface area contributed by atoms with E-state index in [1.165, 1.54) is 11.8 Å². The van der Waals surface area contributed by atoms with Crippen molar-refractivity contribution in [2.75, 3.05) is 24.7 Å². The highest BCUT2D eigenvalue weighted by Crippen LogP contribution is 2.35. The van der Waals surface area contributed by atoms with Crippen LogP contribution in [0.2, 0.25) is 0 Å². The molecule has 5 atom stereocenters. The summed E-state index contributed by atoms with van der Waals surface area (Å²) >= 11 is 1.51. The lowest BCUT2D eigenvalue weighted by molar-refractivity contribution is -0.240. The highest BCUT2D eigenvalue weighted by atomic mass is 32.2. The van der Waals surface area contributed by atoms with Crippen molar-refractivity contribution in [2.45, 2.75) is 43.4 Å². The molecule has 24 heavy (non-hydrogen) atoms. The predicted molar refractivity (Wildman–Crippen MR) is 84.7 cm³/mol. The molecular weight excluding hydrogens is 340 g/mol. The number of rotatable bonds is 6. The Kier molecular flexibility index (Phi) is 5.48. The second-order valence-corrected chi connectivity index (χ2v) is 7.64. The molecule has 0 aromatic carbocycles. The number of hydrogen-bond acceptors (Lipinski definition) is 8. The fourth-order valence-corrected chi connectivity index (χ4v) is 3.79. The molecule has 0 saturated carbocycles. The Morgan fingerprint density at radius 1 is 1.42 bits per heavy atom. The number of fused-ring (bicyclic) bond motifs is 5. The molecule has 3 fully saturated rings. The van der Waals surface area contributed by atoms with Crippen molar-refractivity contribution in [3.05, 3.63) is 0 Å². The van der Waals surface area contributed by atoms with Crippen LogP contribution < -0.4 is 10.6 Å². The van der Waals surface area contributed by atoms with Gasteiger partial charge in [0.1, 0.15) is 11.7 Å². The van der Waals surface area contributed by atoms with Crippen LogP contribution in [0.3, 0.4) is 0 Å². The Balaban J connectivity index is 2.36. The standard InChI is InChI=1S/C14H24N2O7S/c1-3-24-6-8-4-5-23-14(9(18)12(2,21)7-17)11(20)15-13(8,22)10(19)16-14/h8-9,17-18,21-22H,3-7H2,1-2H3,(H,15,20)(H,16,19)/t8?,9-,12-,13+,14-/m0/s1. The molecule has 0 aromatic heterocycles. The Morgan fingerprint density at radius 3 is 2.67 bits per heavy atom. The highest BCUT2D eigenvalue weighted by Gasteiger charge is 2.64. The van der Waals surface area contributed by atoms with Gasteiger partial charge >= 0.3 is 0 Å². The van der Waals surface area contributed by atoms with E-state index in [1.807, 2.05) is 6.92 Å². The van der Waals surface area contributed by atoms with Gasteiger partial charge in [-0.3, -0.25) is 9.59 Å². The van der Waals surface area contributed by atoms with Crippen molar-refractivity contribution in [3.8, 4) is 0 Å². The summed E-state index contributed by atoms with van der Waals surface area (Å²) in [4.78, 5) is 25.0. The number of ether oxygens (including phenoxy) is 1. The van der Waals surface area contributed by atoms with Crippen molar-refractivity contribution in [3.63, 3.8) is 0 Å². The van der Waals surface area contributed by atoms with Gasteiger partial charge in [-0.1, -0.05) is 6.92 Å². The number of carbonyl (C=O) groups is 2. The normalized spacial score (nSPS) is 37.0. The van der Waals surface area contributed by atoms with E-state index in [4.69, 9.17) is 4.74 Å². The molecule has 2 bridgehead atoms. The second kappa shape index (κ2) is 6.77. The number of carbonyl (C=O) groups excluding carboxylic acids is 2. The first kappa shape index (κ1) is 19.4. The maximum Gasteiger partial charge on any atom is 0.278 e. The number of hydrogen-bond donors (Lipinski definition) is 6. The van der Waals surface area contributed by atoms with E-state index in [0.29, 0.717) is 5.75 Å². The lowest BCUT2D eigenvalue weighted by atomic mass is 9.83. The molecule has 3 rings (SSSR count). The van der Waals surface area contributed by atoms with Gasteiger partial charge in [0.15, 0.2) is 0 Å². The van der Waals surface area contributed by atoms with Crippen LogP contribution in [-0.4, -0.2) is 80.1 Å². The molecule has 2 amide bonds. The summed E-state index contributed by atoms with van der Waals surface area (Å²) in [7, 11) is 0. The largest absolute Gasteiger partial charge is 0.393 e. The van der Waals surface area contributed by atoms with Gasteiger partial charge in [-0.15, -0.1) is 0 Å². The second-order valence-electron chi connectivity index (χ2n) is 6.32. The molecule has 3 heterocycles. The minimum absolute atomic E-state index is 0.0243. The smallest absolute Gasteiger partial charge is 0.278 e. The quantitative estimate of drug-likeness (QED) is 0.303. The summed E-state index contributed by atoms with van der Waals surface area (Å²) < 4.78 is 5.46. The molecule has 0 radical (unpaired) electrons. The monoisotopic (exact) mass is 364 g/mol. The number of piperazine rings is 1. The Bertz CT molecular complexity index is 517. The third kappa shape index (κ3) is 3.02. The van der Waals surface area contributed by atoms with Crippen LogP contribution in [0, 0.1) is 5.92 Å². The zero-order valence-electron chi connectivity index (χ0n) is 13.6. The van der Waals surface area contributed by atoms with Crippen molar-refractivity contribution >= 4 is 23.6 Å². The molecule has 1 unspecified atom stereocenters. The molecule has 9 nitrogen and oxygen atoms in total. The summed E-state index contributed by atoms with van der Waals surface area (Å²) in [5.41, 5.74) is -6.49. The van der Waals surface area contributed by atoms with Crippen LogP contribution in [0.4, 0.5) is 0 Å². The van der Waals surface area contributed by atoms with Gasteiger partial charge in [0.2, 0.25) is 5.72 Å². The number of amides is 2. The number of nitrogens with one attached hydrogen (secondary N) is 2. The van der Waals surface area contributed by atoms with E-state index >= 15 is 0 Å². The van der Waals surface area contributed by atoms with Gasteiger partial charge in [0.25, 0.3) is 17.5 Å². The maximum absolute atomic E-state index is 12.6. The third-order valence-corrected chi connectivity index (χ3v) is 5.54. The van der Waals surface area contributed by atoms with Crippen LogP contribution in [0.1, 0.15) is 20.3 Å². The average molecular weight is 364 g/mol. The average Bonchev–Trinajstić information content (AvgIpc) is 2.53. The lowest BCUT2D eigenvalue weighted by Gasteiger charge is -2.51. The molecule has 6 N–H and O–H groups in total. The van der Waals surface area contributed by atoms with E-state index in [2.05, 4.69) is 10.6 Å². The van der Waals surface area contributed by atoms with Crippen LogP contribution in [0.15, 0.2) is 0 Å². The third-order valence-electron chi connectivity index (χ3n) is 4.49. The topological polar surface area (TPSA) is 148 Å². The van der Waals surface area contributed by atoms with Gasteiger partial charge in [0, 0.05) is 11.7 Å². The van der Waals surface area contributed by atoms with Crippen molar-refractivity contribution in [2.24, 2.45) is 5.92 Å². The SMILES string of the molecule is CCSCC1CCO[C@]2([C@@H](O)[C@@](C)(O)CO)NC(=O)[C@@]1(O)NC2=O. The first-order valence-corrected chi connectivity index (χ1v) is 8.90. The van der Waals surface area contributed by atoms with Gasteiger partial charge in [0.05, 0.1) is 13.2 Å². The Morgan fingerprint density at radius 2 is 2.08 bits per heavy atom. The summed E-state index contributed by atoms with van der Waals surface area (Å²) in [6.45, 7) is 2.16. The molecular formula is C14H24N2O7S. The lowest BCUT2D eigenvalue weighted by Crippen LogP contribution is -2.83. The molecule has 0 spiro atoms.